The van der Waals surface area contributed by atoms with Crippen LogP contribution < -0.4 is 10.6 Å². The lowest BCUT2D eigenvalue weighted by atomic mass is 9.47. The van der Waals surface area contributed by atoms with Crippen LogP contribution in [0, 0.1) is 16.7 Å². The summed E-state index contributed by atoms with van der Waals surface area (Å²) >= 11 is 1.43. The summed E-state index contributed by atoms with van der Waals surface area (Å²) in [5, 5.41) is 27.4. The Morgan fingerprint density at radius 3 is 2.59 bits per heavy atom. The lowest BCUT2D eigenvalue weighted by Gasteiger charge is -2.58. The van der Waals surface area contributed by atoms with E-state index in [0.717, 1.165) is 22.7 Å². The van der Waals surface area contributed by atoms with Crippen LogP contribution in [-0.4, -0.2) is 39.7 Å². The number of aromatic nitrogens is 1. The molecule has 32 heavy (non-hydrogen) atoms. The molecule has 1 saturated carbocycles. The van der Waals surface area contributed by atoms with Crippen molar-refractivity contribution in [2.45, 2.75) is 58.5 Å². The second kappa shape index (κ2) is 8.57. The molecule has 0 bridgehead atoms. The van der Waals surface area contributed by atoms with Crippen molar-refractivity contribution in [1.82, 2.24) is 4.98 Å². The standard InChI is InChI=1S/C24H31N3O4S/c1-14(29)25-22-27-21-16(11-20(31)26-15-7-5-4-6-8-15)23(2)10-9-19(30)24(3,13-28)18(23)12-17(21)32-22/h4-8,16,18-19,28,30H,9-13H2,1-3H3,(H,26,31)(H,25,27,29)/t16-,18+,19-,23+,24+/m1/s1. The zero-order chi connectivity index (χ0) is 23.1. The number of para-hydroxylation sites is 1. The van der Waals surface area contributed by atoms with Gasteiger partial charge in [-0.1, -0.05) is 32.0 Å². The summed E-state index contributed by atoms with van der Waals surface area (Å²) < 4.78 is 0. The highest BCUT2D eigenvalue weighted by Gasteiger charge is 2.59. The molecule has 0 aliphatic heterocycles. The van der Waals surface area contributed by atoms with E-state index in [-0.39, 0.29) is 42.1 Å². The highest BCUT2D eigenvalue weighted by atomic mass is 32.1. The zero-order valence-corrected chi connectivity index (χ0v) is 19.5. The van der Waals surface area contributed by atoms with Crippen LogP contribution in [-0.2, 0) is 16.0 Å². The Hall–Kier alpha value is -2.29. The molecule has 1 fully saturated rings. The van der Waals surface area contributed by atoms with Crippen LogP contribution in [0.25, 0.3) is 0 Å². The number of aliphatic hydroxyl groups is 2. The molecule has 0 saturated heterocycles. The van der Waals surface area contributed by atoms with Gasteiger partial charge in [0.15, 0.2) is 5.13 Å². The van der Waals surface area contributed by atoms with Crippen LogP contribution in [0.3, 0.4) is 0 Å². The van der Waals surface area contributed by atoms with Crippen molar-refractivity contribution in [1.29, 1.82) is 0 Å². The Kier molecular flexibility index (Phi) is 6.13. The van der Waals surface area contributed by atoms with Crippen LogP contribution in [0.5, 0.6) is 0 Å². The van der Waals surface area contributed by atoms with Gasteiger partial charge in [-0.15, -0.1) is 11.3 Å². The molecular formula is C24H31N3O4S. The number of fused-ring (bicyclic) bond motifs is 2. The van der Waals surface area contributed by atoms with Crippen LogP contribution in [0.2, 0.25) is 0 Å². The van der Waals surface area contributed by atoms with Gasteiger partial charge in [0.2, 0.25) is 11.8 Å². The van der Waals surface area contributed by atoms with E-state index < -0.39 is 11.5 Å². The number of benzene rings is 1. The average Bonchev–Trinajstić information content (AvgIpc) is 3.14. The van der Waals surface area contributed by atoms with Gasteiger partial charge in [0, 0.05) is 35.2 Å². The number of nitrogens with zero attached hydrogens (tertiary/aromatic N) is 1. The molecule has 7 nitrogen and oxygen atoms in total. The van der Waals surface area contributed by atoms with E-state index in [1.807, 2.05) is 37.3 Å². The van der Waals surface area contributed by atoms with E-state index in [2.05, 4.69) is 17.6 Å². The van der Waals surface area contributed by atoms with E-state index in [1.165, 1.54) is 18.3 Å². The summed E-state index contributed by atoms with van der Waals surface area (Å²) in [4.78, 5) is 30.5. The van der Waals surface area contributed by atoms with Gasteiger partial charge in [-0.25, -0.2) is 4.98 Å². The van der Waals surface area contributed by atoms with Crippen LogP contribution in [0.15, 0.2) is 30.3 Å². The minimum absolute atomic E-state index is 0.0172. The van der Waals surface area contributed by atoms with Gasteiger partial charge in [0.25, 0.3) is 0 Å². The molecule has 1 aromatic carbocycles. The van der Waals surface area contributed by atoms with Crippen LogP contribution in [0.1, 0.15) is 56.5 Å². The average molecular weight is 458 g/mol. The SMILES string of the molecule is CC(=O)Nc1nc2c(s1)C[C@@H]1[C@](C)(CO)[C@H](O)CC[C@@]1(C)[C@@H]2CC(=O)Nc1ccccc1. The largest absolute Gasteiger partial charge is 0.396 e. The molecule has 4 N–H and O–H groups in total. The molecule has 0 spiro atoms. The fourth-order valence-corrected chi connectivity index (χ4v) is 6.88. The number of anilines is 2. The van der Waals surface area contributed by atoms with Crippen LogP contribution in [0.4, 0.5) is 10.8 Å². The molecule has 172 valence electrons. The normalized spacial score (nSPS) is 31.3. The minimum Gasteiger partial charge on any atom is -0.396 e. The fraction of sp³-hybridized carbons (Fsp3) is 0.542. The molecule has 1 heterocycles. The molecule has 4 rings (SSSR count). The van der Waals surface area contributed by atoms with Crippen molar-refractivity contribution < 1.29 is 19.8 Å². The molecule has 8 heteroatoms. The van der Waals surface area contributed by atoms with Crippen molar-refractivity contribution in [2.75, 3.05) is 17.2 Å². The lowest BCUT2D eigenvalue weighted by molar-refractivity contribution is -0.143. The van der Waals surface area contributed by atoms with Gasteiger partial charge in [-0.2, -0.15) is 0 Å². The monoisotopic (exact) mass is 457 g/mol. The molecule has 1 aromatic heterocycles. The lowest BCUT2D eigenvalue weighted by Crippen LogP contribution is -2.57. The first-order valence-corrected chi connectivity index (χ1v) is 11.9. The number of hydrogen-bond acceptors (Lipinski definition) is 6. The number of carbonyl (C=O) groups excluding carboxylic acids is 2. The van der Waals surface area contributed by atoms with Crippen molar-refractivity contribution in [3.8, 4) is 0 Å². The molecular weight excluding hydrogens is 426 g/mol. The highest BCUT2D eigenvalue weighted by molar-refractivity contribution is 7.15. The Labute approximate surface area is 192 Å². The Morgan fingerprint density at radius 2 is 1.94 bits per heavy atom. The number of hydrogen-bond donors (Lipinski definition) is 4. The van der Waals surface area contributed by atoms with Crippen molar-refractivity contribution in [3.05, 3.63) is 40.9 Å². The maximum absolute atomic E-state index is 13.1. The van der Waals surface area contributed by atoms with Crippen molar-refractivity contribution in [3.63, 3.8) is 0 Å². The first-order valence-electron chi connectivity index (χ1n) is 11.1. The second-order valence-electron chi connectivity index (χ2n) is 9.66. The summed E-state index contributed by atoms with van der Waals surface area (Å²) in [6.45, 7) is 5.44. The van der Waals surface area contributed by atoms with E-state index in [1.54, 1.807) is 0 Å². The smallest absolute Gasteiger partial charge is 0.225 e. The summed E-state index contributed by atoms with van der Waals surface area (Å²) in [6.07, 6.45) is 1.61. The molecule has 5 atom stereocenters. The van der Waals surface area contributed by atoms with Gasteiger partial charge in [-0.05, 0) is 42.7 Å². The van der Waals surface area contributed by atoms with Gasteiger partial charge < -0.3 is 20.8 Å². The summed E-state index contributed by atoms with van der Waals surface area (Å²) in [5.74, 6) is -0.484. The summed E-state index contributed by atoms with van der Waals surface area (Å²) in [6, 6.07) is 9.36. The maximum Gasteiger partial charge on any atom is 0.225 e. The zero-order valence-electron chi connectivity index (χ0n) is 18.7. The number of carbonyl (C=O) groups is 2. The number of thiazole rings is 1. The summed E-state index contributed by atoms with van der Waals surface area (Å²) in [7, 11) is 0. The van der Waals surface area contributed by atoms with E-state index in [4.69, 9.17) is 4.98 Å². The topological polar surface area (TPSA) is 112 Å². The first-order chi connectivity index (χ1) is 15.2. The third kappa shape index (κ3) is 3.95. The molecule has 2 amide bonds. The number of aliphatic hydroxyl groups excluding tert-OH is 2. The van der Waals surface area contributed by atoms with Crippen LogP contribution >= 0.6 is 11.3 Å². The van der Waals surface area contributed by atoms with E-state index in [9.17, 15) is 19.8 Å². The predicted molar refractivity (Wildman–Crippen MR) is 125 cm³/mol. The number of rotatable bonds is 5. The van der Waals surface area contributed by atoms with Gasteiger partial charge in [0.05, 0.1) is 18.4 Å². The van der Waals surface area contributed by atoms with E-state index in [0.29, 0.717) is 18.0 Å². The van der Waals surface area contributed by atoms with E-state index >= 15 is 0 Å². The fourth-order valence-electron chi connectivity index (χ4n) is 5.77. The molecule has 0 radical (unpaired) electrons. The Morgan fingerprint density at radius 1 is 1.22 bits per heavy atom. The Bertz CT molecular complexity index is 1010. The number of nitrogens with one attached hydrogen (secondary N) is 2. The second-order valence-corrected chi connectivity index (χ2v) is 10.7. The summed E-state index contributed by atoms with van der Waals surface area (Å²) in [5.41, 5.74) is 0.611. The van der Waals surface area contributed by atoms with Gasteiger partial charge >= 0.3 is 0 Å². The third-order valence-corrected chi connectivity index (χ3v) is 8.63. The third-order valence-electron chi connectivity index (χ3n) is 7.62. The maximum atomic E-state index is 13.1. The molecule has 2 aliphatic rings. The van der Waals surface area contributed by atoms with Crippen molar-refractivity contribution in [2.24, 2.45) is 16.7 Å². The van der Waals surface area contributed by atoms with Crippen molar-refractivity contribution >= 4 is 34.0 Å². The molecule has 2 aliphatic carbocycles. The molecule has 0 unspecified atom stereocenters. The number of amides is 2. The van der Waals surface area contributed by atoms with Gasteiger partial charge in [-0.3, -0.25) is 9.59 Å². The highest BCUT2D eigenvalue weighted by Crippen LogP contribution is 2.62. The van der Waals surface area contributed by atoms with Gasteiger partial charge in [0.1, 0.15) is 0 Å². The predicted octanol–water partition coefficient (Wildman–Crippen LogP) is 3.55. The minimum atomic E-state index is -0.670. The quantitative estimate of drug-likeness (QED) is 0.549. The first kappa shape index (κ1) is 22.9. The molecule has 2 aromatic rings. The Balaban J connectivity index is 1.72.